The molecule has 2 aromatic rings. The summed E-state index contributed by atoms with van der Waals surface area (Å²) in [5.74, 6) is 3.36. The standard InChI is InChI=1S/C23H30N2OS2/c1-24(23(26)22-8-5-14-28-22)21(16-18-6-3-2-4-7-18)19-9-12-25(13-10-19)20-11-15-27-17-20/h2-8,14,19-21H,9-13,15-17H2,1H3/t20-,21+/m0/s1. The summed E-state index contributed by atoms with van der Waals surface area (Å²) in [5.41, 5.74) is 1.33. The van der Waals surface area contributed by atoms with E-state index in [1.54, 1.807) is 11.3 Å². The number of likely N-dealkylation sites (N-methyl/N-ethyl adjacent to an activating group) is 1. The summed E-state index contributed by atoms with van der Waals surface area (Å²) < 4.78 is 0. The Hall–Kier alpha value is -1.30. The van der Waals surface area contributed by atoms with Gasteiger partial charge in [0.25, 0.3) is 5.91 Å². The van der Waals surface area contributed by atoms with E-state index < -0.39 is 0 Å². The molecule has 0 radical (unpaired) electrons. The van der Waals surface area contributed by atoms with E-state index in [2.05, 4.69) is 47.0 Å². The molecule has 1 aromatic carbocycles. The van der Waals surface area contributed by atoms with Crippen molar-refractivity contribution >= 4 is 29.0 Å². The fraction of sp³-hybridized carbons (Fsp3) is 0.522. The first-order valence-electron chi connectivity index (χ1n) is 10.4. The monoisotopic (exact) mass is 414 g/mol. The third-order valence-corrected chi connectivity index (χ3v) is 8.38. The molecule has 0 unspecified atom stereocenters. The molecule has 5 heteroatoms. The third kappa shape index (κ3) is 4.64. The summed E-state index contributed by atoms with van der Waals surface area (Å²) in [6.45, 7) is 2.37. The zero-order valence-corrected chi connectivity index (χ0v) is 18.3. The van der Waals surface area contributed by atoms with Crippen LogP contribution in [0.1, 0.15) is 34.5 Å². The average molecular weight is 415 g/mol. The topological polar surface area (TPSA) is 23.6 Å². The van der Waals surface area contributed by atoms with Gasteiger partial charge >= 0.3 is 0 Å². The van der Waals surface area contributed by atoms with E-state index in [9.17, 15) is 4.79 Å². The fourth-order valence-corrected chi connectivity index (χ4v) is 6.64. The molecule has 28 heavy (non-hydrogen) atoms. The highest BCUT2D eigenvalue weighted by Gasteiger charge is 2.34. The van der Waals surface area contributed by atoms with Crippen molar-refractivity contribution in [2.75, 3.05) is 31.6 Å². The molecule has 0 bridgehead atoms. The van der Waals surface area contributed by atoms with Crippen LogP contribution in [0.3, 0.4) is 0 Å². The lowest BCUT2D eigenvalue weighted by molar-refractivity contribution is 0.0561. The first kappa shape index (κ1) is 20.0. The van der Waals surface area contributed by atoms with Gasteiger partial charge in [-0.3, -0.25) is 9.69 Å². The Balaban J connectivity index is 1.47. The van der Waals surface area contributed by atoms with Crippen LogP contribution in [0.15, 0.2) is 47.8 Å². The number of amides is 1. The molecule has 3 nitrogen and oxygen atoms in total. The van der Waals surface area contributed by atoms with E-state index in [0.29, 0.717) is 5.92 Å². The summed E-state index contributed by atoms with van der Waals surface area (Å²) in [5, 5.41) is 1.99. The molecule has 0 saturated carbocycles. The van der Waals surface area contributed by atoms with Crippen LogP contribution >= 0.6 is 23.1 Å². The predicted molar refractivity (Wildman–Crippen MR) is 120 cm³/mol. The van der Waals surface area contributed by atoms with Crippen LogP contribution < -0.4 is 0 Å². The molecular formula is C23H30N2OS2. The quantitative estimate of drug-likeness (QED) is 0.687. The number of nitrogens with zero attached hydrogens (tertiary/aromatic N) is 2. The zero-order valence-electron chi connectivity index (χ0n) is 16.6. The third-order valence-electron chi connectivity index (χ3n) is 6.38. The van der Waals surface area contributed by atoms with Gasteiger partial charge in [0.2, 0.25) is 0 Å². The van der Waals surface area contributed by atoms with Crippen molar-refractivity contribution in [3.63, 3.8) is 0 Å². The summed E-state index contributed by atoms with van der Waals surface area (Å²) in [6, 6.07) is 15.6. The van der Waals surface area contributed by atoms with Crippen LogP contribution in [-0.4, -0.2) is 59.4 Å². The molecule has 2 aliphatic rings. The maximum atomic E-state index is 13.1. The lowest BCUT2D eigenvalue weighted by Gasteiger charge is -2.41. The van der Waals surface area contributed by atoms with Crippen LogP contribution in [0.4, 0.5) is 0 Å². The molecule has 4 rings (SSSR count). The largest absolute Gasteiger partial charge is 0.337 e. The maximum absolute atomic E-state index is 13.1. The zero-order chi connectivity index (χ0) is 19.3. The van der Waals surface area contributed by atoms with Crippen molar-refractivity contribution in [2.45, 2.75) is 37.8 Å². The van der Waals surface area contributed by atoms with Crippen molar-refractivity contribution in [1.29, 1.82) is 0 Å². The van der Waals surface area contributed by atoms with Crippen molar-refractivity contribution in [3.05, 3.63) is 58.3 Å². The van der Waals surface area contributed by atoms with Gasteiger partial charge in [-0.15, -0.1) is 11.3 Å². The maximum Gasteiger partial charge on any atom is 0.263 e. The lowest BCUT2D eigenvalue weighted by Crippen LogP contribution is -2.49. The van der Waals surface area contributed by atoms with E-state index in [0.717, 1.165) is 17.3 Å². The van der Waals surface area contributed by atoms with Crippen molar-refractivity contribution in [3.8, 4) is 0 Å². The Kier molecular flexibility index (Phi) is 6.76. The minimum atomic E-state index is 0.172. The van der Waals surface area contributed by atoms with Gasteiger partial charge in [0, 0.05) is 24.9 Å². The summed E-state index contributed by atoms with van der Waals surface area (Å²) in [7, 11) is 2.01. The summed E-state index contributed by atoms with van der Waals surface area (Å²) in [6.07, 6.45) is 4.68. The number of thioether (sulfide) groups is 1. The SMILES string of the molecule is CN(C(=O)c1cccs1)[C@H](Cc1ccccc1)C1CCN([C@H]2CCSC2)CC1. The van der Waals surface area contributed by atoms with Crippen LogP contribution in [0.2, 0.25) is 0 Å². The van der Waals surface area contributed by atoms with E-state index in [4.69, 9.17) is 0 Å². The molecule has 3 heterocycles. The molecule has 150 valence electrons. The Morgan fingerprint density at radius 2 is 1.93 bits per heavy atom. The number of hydrogen-bond acceptors (Lipinski definition) is 4. The van der Waals surface area contributed by atoms with E-state index in [1.165, 1.54) is 49.4 Å². The van der Waals surface area contributed by atoms with Crippen LogP contribution in [0.5, 0.6) is 0 Å². The minimum absolute atomic E-state index is 0.172. The highest BCUT2D eigenvalue weighted by molar-refractivity contribution is 7.99. The van der Waals surface area contributed by atoms with Gasteiger partial charge < -0.3 is 4.90 Å². The Morgan fingerprint density at radius 1 is 1.14 bits per heavy atom. The second-order valence-electron chi connectivity index (χ2n) is 8.04. The number of likely N-dealkylation sites (tertiary alicyclic amines) is 1. The molecule has 1 aromatic heterocycles. The van der Waals surface area contributed by atoms with E-state index in [1.807, 2.05) is 29.5 Å². The normalized spacial score (nSPS) is 22.2. The molecule has 2 aliphatic heterocycles. The number of carbonyl (C=O) groups excluding carboxylic acids is 1. The highest BCUT2D eigenvalue weighted by Crippen LogP contribution is 2.31. The summed E-state index contributed by atoms with van der Waals surface area (Å²) in [4.78, 5) is 18.7. The first-order valence-corrected chi connectivity index (χ1v) is 12.4. The molecule has 1 amide bonds. The van der Waals surface area contributed by atoms with Gasteiger partial charge in [-0.25, -0.2) is 0 Å². The van der Waals surface area contributed by atoms with Crippen LogP contribution in [0, 0.1) is 5.92 Å². The number of benzene rings is 1. The van der Waals surface area contributed by atoms with Gasteiger partial charge in [0.05, 0.1) is 4.88 Å². The number of hydrogen-bond donors (Lipinski definition) is 0. The minimum Gasteiger partial charge on any atom is -0.337 e. The predicted octanol–water partition coefficient (Wildman–Crippen LogP) is 4.65. The van der Waals surface area contributed by atoms with Gasteiger partial charge in [-0.2, -0.15) is 11.8 Å². The molecule has 0 N–H and O–H groups in total. The first-order chi connectivity index (χ1) is 13.7. The van der Waals surface area contributed by atoms with Crippen molar-refractivity contribution < 1.29 is 4.79 Å². The molecular weight excluding hydrogens is 384 g/mol. The van der Waals surface area contributed by atoms with Gasteiger partial charge in [0.15, 0.2) is 0 Å². The molecule has 2 fully saturated rings. The van der Waals surface area contributed by atoms with E-state index in [-0.39, 0.29) is 11.9 Å². The summed E-state index contributed by atoms with van der Waals surface area (Å²) >= 11 is 3.64. The van der Waals surface area contributed by atoms with Crippen LogP contribution in [-0.2, 0) is 6.42 Å². The fourth-order valence-electron chi connectivity index (χ4n) is 4.68. The van der Waals surface area contributed by atoms with Crippen molar-refractivity contribution in [1.82, 2.24) is 9.80 Å². The Morgan fingerprint density at radius 3 is 2.57 bits per heavy atom. The van der Waals surface area contributed by atoms with Gasteiger partial charge in [-0.1, -0.05) is 36.4 Å². The molecule has 0 aliphatic carbocycles. The Bertz CT molecular complexity index is 735. The molecule has 0 spiro atoms. The second-order valence-corrected chi connectivity index (χ2v) is 10.1. The smallest absolute Gasteiger partial charge is 0.263 e. The van der Waals surface area contributed by atoms with Gasteiger partial charge in [-0.05, 0) is 67.5 Å². The number of rotatable bonds is 6. The van der Waals surface area contributed by atoms with Crippen LogP contribution in [0.25, 0.3) is 0 Å². The Labute approximate surface area is 177 Å². The second kappa shape index (κ2) is 9.47. The lowest BCUT2D eigenvalue weighted by atomic mass is 9.84. The molecule has 2 atom stereocenters. The average Bonchev–Trinajstić information content (AvgIpc) is 3.46. The number of thiophene rings is 1. The van der Waals surface area contributed by atoms with Gasteiger partial charge in [0.1, 0.15) is 0 Å². The van der Waals surface area contributed by atoms with E-state index >= 15 is 0 Å². The molecule has 2 saturated heterocycles. The highest BCUT2D eigenvalue weighted by atomic mass is 32.2. The number of piperidine rings is 1. The number of carbonyl (C=O) groups is 1. The van der Waals surface area contributed by atoms with Crippen molar-refractivity contribution in [2.24, 2.45) is 5.92 Å².